The average molecular weight is 490 g/mol. The van der Waals surface area contributed by atoms with Gasteiger partial charge in [0.25, 0.3) is 11.5 Å². The molecular weight excluding hydrogens is 462 g/mol. The highest BCUT2D eigenvalue weighted by Crippen LogP contribution is 2.23. The summed E-state index contributed by atoms with van der Waals surface area (Å²) in [6.07, 6.45) is 5.31. The molecule has 3 aromatic rings. The summed E-state index contributed by atoms with van der Waals surface area (Å²) in [6.45, 7) is 3.62. The van der Waals surface area contributed by atoms with E-state index < -0.39 is 29.7 Å². The molecule has 3 rings (SSSR count). The van der Waals surface area contributed by atoms with Gasteiger partial charge >= 0.3 is 11.7 Å². The van der Waals surface area contributed by atoms with Gasteiger partial charge in [-0.3, -0.25) is 23.8 Å². The van der Waals surface area contributed by atoms with E-state index in [1.165, 1.54) is 26.2 Å². The second kappa shape index (κ2) is 10.9. The minimum atomic E-state index is -0.772. The highest BCUT2D eigenvalue weighted by molar-refractivity contribution is 7.13. The van der Waals surface area contributed by atoms with Crippen LogP contribution in [-0.2, 0) is 23.1 Å². The number of nitrogen functional groups attached to an aromatic ring is 1. The predicted octanol–water partition coefficient (Wildman–Crippen LogP) is 1.38. The Balaban J connectivity index is 1.79. The fourth-order valence-electron chi connectivity index (χ4n) is 3.27. The first-order valence-electron chi connectivity index (χ1n) is 10.8. The Kier molecular flexibility index (Phi) is 7.99. The lowest BCUT2D eigenvalue weighted by molar-refractivity contribution is -0.121. The zero-order valence-corrected chi connectivity index (χ0v) is 20.1. The Hall–Kier alpha value is -3.74. The fourth-order valence-corrected chi connectivity index (χ4v) is 4.04. The first-order chi connectivity index (χ1) is 16.3. The zero-order chi connectivity index (χ0) is 24.8. The maximum Gasteiger partial charge on any atom is 0.358 e. The average Bonchev–Trinajstić information content (AvgIpc) is 3.46. The largest absolute Gasteiger partial charge is 0.451 e. The number of thiazole rings is 1. The number of amides is 1. The molecule has 3 N–H and O–H groups in total. The zero-order valence-electron chi connectivity index (χ0n) is 19.2. The number of aromatic amines is 1. The topological polar surface area (TPSA) is 158 Å². The number of H-pyrrole nitrogens is 1. The summed E-state index contributed by atoms with van der Waals surface area (Å²) < 4.78 is 8.01. The summed E-state index contributed by atoms with van der Waals surface area (Å²) in [6, 6.07) is 0. The second-order valence-electron chi connectivity index (χ2n) is 7.56. The van der Waals surface area contributed by atoms with Crippen molar-refractivity contribution in [3.63, 3.8) is 0 Å². The van der Waals surface area contributed by atoms with Crippen LogP contribution in [0.2, 0.25) is 0 Å². The van der Waals surface area contributed by atoms with Gasteiger partial charge in [0.1, 0.15) is 10.8 Å². The van der Waals surface area contributed by atoms with Crippen LogP contribution in [0, 0.1) is 0 Å². The molecular formula is C21H27N7O5S. The highest BCUT2D eigenvalue weighted by atomic mass is 32.1. The predicted molar refractivity (Wildman–Crippen MR) is 128 cm³/mol. The molecule has 0 saturated carbocycles. The molecule has 0 aliphatic carbocycles. The first kappa shape index (κ1) is 24.9. The molecule has 182 valence electrons. The van der Waals surface area contributed by atoms with Crippen LogP contribution in [0.1, 0.15) is 43.6 Å². The van der Waals surface area contributed by atoms with Crippen LogP contribution in [0.4, 0.5) is 11.5 Å². The number of nitrogens with one attached hydrogen (secondary N) is 1. The van der Waals surface area contributed by atoms with Crippen molar-refractivity contribution in [2.45, 2.75) is 39.7 Å². The Labute approximate surface area is 199 Å². The molecule has 3 aromatic heterocycles. The van der Waals surface area contributed by atoms with E-state index in [0.717, 1.165) is 12.0 Å². The summed E-state index contributed by atoms with van der Waals surface area (Å²) in [5.41, 5.74) is 5.39. The van der Waals surface area contributed by atoms with Gasteiger partial charge < -0.3 is 15.4 Å². The van der Waals surface area contributed by atoms with Crippen LogP contribution >= 0.6 is 11.3 Å². The number of rotatable bonds is 10. The fraction of sp³-hybridized carbons (Fsp3) is 0.429. The van der Waals surface area contributed by atoms with E-state index in [-0.39, 0.29) is 30.3 Å². The molecule has 0 aliphatic rings. The standard InChI is InChI=1S/C21H27N7O5S/c1-4-6-8-27(16-17(22)28(7-5-2)21(32)25-18(16)30)15(29)11-33-20(31)14-12-34-19(24-14)13-9-23-26(3)10-13/h9-10,12H,4-8,11,22H2,1-3H3,(H,25,30,32). The van der Waals surface area contributed by atoms with E-state index in [2.05, 4.69) is 15.1 Å². The summed E-state index contributed by atoms with van der Waals surface area (Å²) in [7, 11) is 1.77. The summed E-state index contributed by atoms with van der Waals surface area (Å²) in [5, 5.41) is 6.20. The van der Waals surface area contributed by atoms with Crippen molar-refractivity contribution < 1.29 is 14.3 Å². The number of anilines is 2. The van der Waals surface area contributed by atoms with Crippen molar-refractivity contribution >= 4 is 34.7 Å². The molecule has 12 nitrogen and oxygen atoms in total. The van der Waals surface area contributed by atoms with Crippen LogP contribution < -0.4 is 21.9 Å². The number of aryl methyl sites for hydroxylation is 1. The molecule has 0 radical (unpaired) electrons. The van der Waals surface area contributed by atoms with E-state index in [4.69, 9.17) is 10.5 Å². The molecule has 0 fully saturated rings. The van der Waals surface area contributed by atoms with Crippen LogP contribution in [-0.4, -0.2) is 49.3 Å². The lowest BCUT2D eigenvalue weighted by atomic mass is 10.2. The Morgan fingerprint density at radius 3 is 2.68 bits per heavy atom. The van der Waals surface area contributed by atoms with Gasteiger partial charge in [-0.25, -0.2) is 14.6 Å². The second-order valence-corrected chi connectivity index (χ2v) is 8.42. The minimum absolute atomic E-state index is 0.0608. The van der Waals surface area contributed by atoms with Gasteiger partial charge in [-0.1, -0.05) is 20.3 Å². The van der Waals surface area contributed by atoms with Crippen molar-refractivity contribution in [1.29, 1.82) is 0 Å². The number of aromatic nitrogens is 5. The summed E-state index contributed by atoms with van der Waals surface area (Å²) in [5.74, 6) is -1.51. The number of carbonyl (C=O) groups excluding carboxylic acids is 2. The normalized spacial score (nSPS) is 10.9. The molecule has 0 aromatic carbocycles. The SMILES string of the molecule is CCCCN(C(=O)COC(=O)c1csc(-c2cnn(C)c2)n1)c1c(N)n(CCC)c(=O)[nH]c1=O. The van der Waals surface area contributed by atoms with Crippen molar-refractivity contribution in [1.82, 2.24) is 24.3 Å². The summed E-state index contributed by atoms with van der Waals surface area (Å²) >= 11 is 1.25. The Morgan fingerprint density at radius 1 is 1.26 bits per heavy atom. The third-order valence-corrected chi connectivity index (χ3v) is 5.85. The van der Waals surface area contributed by atoms with Crippen LogP contribution in [0.5, 0.6) is 0 Å². The van der Waals surface area contributed by atoms with Crippen LogP contribution in [0.3, 0.4) is 0 Å². The van der Waals surface area contributed by atoms with Gasteiger partial charge in [-0.2, -0.15) is 5.10 Å². The van der Waals surface area contributed by atoms with E-state index >= 15 is 0 Å². The number of hydrogen-bond donors (Lipinski definition) is 2. The van der Waals surface area contributed by atoms with Crippen LogP contribution in [0.25, 0.3) is 10.6 Å². The molecule has 0 unspecified atom stereocenters. The Bertz CT molecular complexity index is 1290. The number of hydrogen-bond acceptors (Lipinski definition) is 9. The molecule has 13 heteroatoms. The number of nitrogens with zero attached hydrogens (tertiary/aromatic N) is 5. The van der Waals surface area contributed by atoms with Gasteiger partial charge in [-0.05, 0) is 12.8 Å². The van der Waals surface area contributed by atoms with Gasteiger partial charge in [0.05, 0.1) is 6.20 Å². The first-order valence-corrected chi connectivity index (χ1v) is 11.7. The van der Waals surface area contributed by atoms with Crippen molar-refractivity contribution in [3.8, 4) is 10.6 Å². The third kappa shape index (κ3) is 5.42. The van der Waals surface area contributed by atoms with Crippen LogP contribution in [0.15, 0.2) is 27.4 Å². The van der Waals surface area contributed by atoms with E-state index in [1.807, 2.05) is 13.8 Å². The van der Waals surface area contributed by atoms with E-state index in [0.29, 0.717) is 17.8 Å². The quantitative estimate of drug-likeness (QED) is 0.404. The highest BCUT2D eigenvalue weighted by Gasteiger charge is 2.25. The molecule has 0 bridgehead atoms. The third-order valence-electron chi connectivity index (χ3n) is 4.96. The Morgan fingerprint density at radius 2 is 2.03 bits per heavy atom. The monoisotopic (exact) mass is 489 g/mol. The maximum atomic E-state index is 13.0. The molecule has 0 spiro atoms. The van der Waals surface area contributed by atoms with Gasteiger partial charge in [0.2, 0.25) is 0 Å². The number of ether oxygens (including phenoxy) is 1. The molecule has 34 heavy (non-hydrogen) atoms. The molecule has 0 aliphatic heterocycles. The lowest BCUT2D eigenvalue weighted by Crippen LogP contribution is -2.43. The van der Waals surface area contributed by atoms with Crippen molar-refractivity contribution in [2.75, 3.05) is 23.8 Å². The maximum absolute atomic E-state index is 13.0. The number of carbonyl (C=O) groups is 2. The molecule has 3 heterocycles. The minimum Gasteiger partial charge on any atom is -0.451 e. The van der Waals surface area contributed by atoms with Gasteiger partial charge in [-0.15, -0.1) is 11.3 Å². The molecule has 0 atom stereocenters. The van der Waals surface area contributed by atoms with E-state index in [9.17, 15) is 19.2 Å². The van der Waals surface area contributed by atoms with Gasteiger partial charge in [0.15, 0.2) is 18.0 Å². The number of nitrogens with two attached hydrogens (primary N) is 1. The van der Waals surface area contributed by atoms with E-state index in [1.54, 1.807) is 24.1 Å². The smallest absolute Gasteiger partial charge is 0.358 e. The number of esters is 1. The molecule has 0 saturated heterocycles. The van der Waals surface area contributed by atoms with Crippen molar-refractivity contribution in [3.05, 3.63) is 44.3 Å². The van der Waals surface area contributed by atoms with Crippen molar-refractivity contribution in [2.24, 2.45) is 7.05 Å². The number of unbranched alkanes of at least 4 members (excludes halogenated alkanes) is 1. The molecule has 1 amide bonds. The lowest BCUT2D eigenvalue weighted by Gasteiger charge is -2.24. The van der Waals surface area contributed by atoms with Gasteiger partial charge in [0, 0.05) is 37.3 Å². The summed E-state index contributed by atoms with van der Waals surface area (Å²) in [4.78, 5) is 57.8.